The van der Waals surface area contributed by atoms with E-state index < -0.39 is 11.7 Å². The van der Waals surface area contributed by atoms with Crippen molar-refractivity contribution in [2.45, 2.75) is 110 Å². The monoisotopic (exact) mass is 508 g/mol. The number of pyridine rings is 1. The summed E-state index contributed by atoms with van der Waals surface area (Å²) >= 11 is 0. The van der Waals surface area contributed by atoms with Crippen LogP contribution in [0.5, 0.6) is 0 Å². The second-order valence-electron chi connectivity index (χ2n) is 11.8. The summed E-state index contributed by atoms with van der Waals surface area (Å²) < 4.78 is 44.6. The smallest absolute Gasteiger partial charge is 0.378 e. The molecule has 7 heteroatoms. The molecule has 5 atom stereocenters. The lowest BCUT2D eigenvalue weighted by Gasteiger charge is -2.37. The molecule has 3 aliphatic carbocycles. The highest BCUT2D eigenvalue weighted by Crippen LogP contribution is 2.57. The molecule has 0 bridgehead atoms. The van der Waals surface area contributed by atoms with Gasteiger partial charge in [-0.25, -0.2) is 0 Å². The fourth-order valence-corrected chi connectivity index (χ4v) is 7.18. The first-order valence-corrected chi connectivity index (χ1v) is 14.1. The number of fused-ring (bicyclic) bond motifs is 2. The van der Waals surface area contributed by atoms with E-state index in [1.165, 1.54) is 31.7 Å². The highest BCUT2D eigenvalue weighted by atomic mass is 19.4. The minimum absolute atomic E-state index is 0.169. The molecule has 5 rings (SSSR count). The average molecular weight is 509 g/mol. The molecule has 4 nitrogen and oxygen atoms in total. The topological polar surface area (TPSA) is 42.4 Å². The van der Waals surface area contributed by atoms with Crippen molar-refractivity contribution >= 4 is 5.91 Å². The molecule has 1 aliphatic heterocycles. The Hall–Kier alpha value is -1.63. The molecule has 0 spiro atoms. The first-order chi connectivity index (χ1) is 17.1. The summed E-state index contributed by atoms with van der Waals surface area (Å²) in [6.07, 6.45) is 9.39. The molecule has 1 aromatic rings. The predicted octanol–water partition coefficient (Wildman–Crippen LogP) is 7.19. The summed E-state index contributed by atoms with van der Waals surface area (Å²) in [7, 11) is 0. The third-order valence-electron chi connectivity index (χ3n) is 9.01. The lowest BCUT2D eigenvalue weighted by Crippen LogP contribution is -2.46. The fourth-order valence-electron chi connectivity index (χ4n) is 7.18. The molecular weight excluding hydrogens is 465 g/mol. The van der Waals surface area contributed by atoms with Crippen LogP contribution >= 0.6 is 0 Å². The van der Waals surface area contributed by atoms with Crippen molar-refractivity contribution in [1.82, 2.24) is 9.88 Å². The quantitative estimate of drug-likeness (QED) is 0.432. The number of hydrogen-bond acceptors (Lipinski definition) is 3. The van der Waals surface area contributed by atoms with Gasteiger partial charge in [-0.1, -0.05) is 40.0 Å². The first-order valence-electron chi connectivity index (χ1n) is 14.1. The van der Waals surface area contributed by atoms with Crippen molar-refractivity contribution in [3.8, 4) is 0 Å². The van der Waals surface area contributed by atoms with E-state index >= 15 is 0 Å². The first kappa shape index (κ1) is 27.4. The lowest BCUT2D eigenvalue weighted by atomic mass is 9.78. The van der Waals surface area contributed by atoms with Crippen LogP contribution in [0.1, 0.15) is 102 Å². The van der Waals surface area contributed by atoms with Crippen molar-refractivity contribution in [2.24, 2.45) is 23.2 Å². The average Bonchev–Trinajstić information content (AvgIpc) is 3.39. The van der Waals surface area contributed by atoms with Crippen molar-refractivity contribution in [1.29, 1.82) is 0 Å². The van der Waals surface area contributed by atoms with Crippen LogP contribution in [0.2, 0.25) is 0 Å². The van der Waals surface area contributed by atoms with Crippen LogP contribution in [0.15, 0.2) is 12.3 Å². The molecule has 4 aliphatic rings. The highest BCUT2D eigenvalue weighted by Gasteiger charge is 2.55. The Morgan fingerprint density at radius 3 is 2.69 bits per heavy atom. The predicted molar refractivity (Wildman–Crippen MR) is 134 cm³/mol. The van der Waals surface area contributed by atoms with Gasteiger partial charge >= 0.3 is 6.18 Å². The summed E-state index contributed by atoms with van der Waals surface area (Å²) in [5.74, 6) is 1.98. The molecule has 0 radical (unpaired) electrons. The van der Waals surface area contributed by atoms with Gasteiger partial charge in [0.1, 0.15) is 0 Å². The number of rotatable bonds is 4. The van der Waals surface area contributed by atoms with Gasteiger partial charge < -0.3 is 9.64 Å². The van der Waals surface area contributed by atoms with Crippen LogP contribution in [-0.2, 0) is 28.7 Å². The van der Waals surface area contributed by atoms with Crippen molar-refractivity contribution < 1.29 is 22.7 Å². The zero-order chi connectivity index (χ0) is 25.9. The number of ether oxygens (including phenoxy) is 1. The second-order valence-corrected chi connectivity index (χ2v) is 11.8. The van der Waals surface area contributed by atoms with E-state index in [0.717, 1.165) is 57.2 Å². The van der Waals surface area contributed by atoms with Gasteiger partial charge in [0.05, 0.1) is 17.1 Å². The SMILES string of the molecule is CC1CC2CCCC2(C(=O)N2CCc3ncc(C(F)(F)F)cc3C2)C1.CCCOC1CCCCC1C. The molecule has 0 N–H and O–H groups in total. The Kier molecular flexibility index (Phi) is 8.68. The molecule has 202 valence electrons. The number of nitrogens with zero attached hydrogens (tertiary/aromatic N) is 2. The van der Waals surface area contributed by atoms with Crippen molar-refractivity contribution in [3.63, 3.8) is 0 Å². The van der Waals surface area contributed by atoms with Gasteiger partial charge in [-0.3, -0.25) is 9.78 Å². The maximum atomic E-state index is 13.3. The maximum absolute atomic E-state index is 13.3. The third kappa shape index (κ3) is 5.92. The molecule has 2 heterocycles. The number of hydrogen-bond donors (Lipinski definition) is 0. The van der Waals surface area contributed by atoms with E-state index in [0.29, 0.717) is 42.2 Å². The van der Waals surface area contributed by atoms with Gasteiger partial charge in [0.2, 0.25) is 5.91 Å². The van der Waals surface area contributed by atoms with Gasteiger partial charge in [-0.2, -0.15) is 13.2 Å². The molecule has 1 aromatic heterocycles. The summed E-state index contributed by atoms with van der Waals surface area (Å²) in [6, 6.07) is 1.17. The highest BCUT2D eigenvalue weighted by molar-refractivity contribution is 5.84. The van der Waals surface area contributed by atoms with Gasteiger partial charge in [0.25, 0.3) is 0 Å². The van der Waals surface area contributed by atoms with Crippen molar-refractivity contribution in [3.05, 3.63) is 29.1 Å². The standard InChI is InChI=1S/C19H23F3N2O.C10H20O/c1-12-7-14-3-2-5-18(14,9-12)17(25)24-6-4-16-13(11-24)8-15(10-23-16)19(20,21)22;1-3-8-11-10-7-5-4-6-9(10)2/h8,10,12,14H,2-7,9,11H2,1H3;9-10H,3-8H2,1-2H3. The zero-order valence-electron chi connectivity index (χ0n) is 22.2. The third-order valence-corrected chi connectivity index (χ3v) is 9.01. The van der Waals surface area contributed by atoms with E-state index in [9.17, 15) is 18.0 Å². The molecule has 3 fully saturated rings. The number of carbonyl (C=O) groups is 1. The Morgan fingerprint density at radius 2 is 1.97 bits per heavy atom. The number of aromatic nitrogens is 1. The largest absolute Gasteiger partial charge is 0.417 e. The van der Waals surface area contributed by atoms with Crippen LogP contribution in [0.4, 0.5) is 13.2 Å². The van der Waals surface area contributed by atoms with Crippen molar-refractivity contribution in [2.75, 3.05) is 13.2 Å². The number of alkyl halides is 3. The Bertz CT molecular complexity index is 905. The number of halogens is 3. The van der Waals surface area contributed by atoms with Crippen LogP contribution < -0.4 is 0 Å². The fraction of sp³-hybridized carbons (Fsp3) is 0.793. The zero-order valence-corrected chi connectivity index (χ0v) is 22.2. The van der Waals surface area contributed by atoms with E-state index in [1.54, 1.807) is 4.90 Å². The van der Waals surface area contributed by atoms with Crippen LogP contribution in [0.25, 0.3) is 0 Å². The molecular formula is C29H43F3N2O2. The Balaban J connectivity index is 0.000000233. The van der Waals surface area contributed by atoms with Crippen LogP contribution in [0.3, 0.4) is 0 Å². The number of carbonyl (C=O) groups excluding carboxylic acids is 1. The summed E-state index contributed by atoms with van der Waals surface area (Å²) in [5.41, 5.74) is 0.252. The second kappa shape index (κ2) is 11.4. The van der Waals surface area contributed by atoms with Gasteiger partial charge in [0, 0.05) is 38.0 Å². The maximum Gasteiger partial charge on any atom is 0.417 e. The normalized spacial score (nSPS) is 31.9. The molecule has 1 amide bonds. The summed E-state index contributed by atoms with van der Waals surface area (Å²) in [6.45, 7) is 8.47. The summed E-state index contributed by atoms with van der Waals surface area (Å²) in [4.78, 5) is 19.1. The molecule has 0 saturated heterocycles. The van der Waals surface area contributed by atoms with E-state index in [1.807, 2.05) is 0 Å². The Labute approximate surface area is 214 Å². The molecule has 3 saturated carbocycles. The Morgan fingerprint density at radius 1 is 1.19 bits per heavy atom. The van der Waals surface area contributed by atoms with E-state index in [-0.39, 0.29) is 17.9 Å². The van der Waals surface area contributed by atoms with Gasteiger partial charge in [-0.15, -0.1) is 0 Å². The minimum atomic E-state index is -4.40. The van der Waals surface area contributed by atoms with Crippen LogP contribution in [-0.4, -0.2) is 35.0 Å². The van der Waals surface area contributed by atoms with E-state index in [2.05, 4.69) is 25.8 Å². The van der Waals surface area contributed by atoms with Gasteiger partial charge in [-0.05, 0) is 74.3 Å². The van der Waals surface area contributed by atoms with Crippen LogP contribution in [0, 0.1) is 23.2 Å². The van der Waals surface area contributed by atoms with Gasteiger partial charge in [0.15, 0.2) is 0 Å². The molecule has 0 aromatic carbocycles. The minimum Gasteiger partial charge on any atom is -0.378 e. The van der Waals surface area contributed by atoms with E-state index in [4.69, 9.17) is 4.74 Å². The molecule has 36 heavy (non-hydrogen) atoms. The lowest BCUT2D eigenvalue weighted by molar-refractivity contribution is -0.144. The molecule has 5 unspecified atom stereocenters. The number of amides is 1. The summed E-state index contributed by atoms with van der Waals surface area (Å²) in [5, 5.41) is 0.